The van der Waals surface area contributed by atoms with Crippen molar-refractivity contribution in [3.05, 3.63) is 55.0 Å². The summed E-state index contributed by atoms with van der Waals surface area (Å²) >= 11 is 0. The van der Waals surface area contributed by atoms with E-state index in [0.717, 1.165) is 5.56 Å². The van der Waals surface area contributed by atoms with Gasteiger partial charge in [-0.1, -0.05) is 0 Å². The lowest BCUT2D eigenvalue weighted by Crippen LogP contribution is -2.41. The Morgan fingerprint density at radius 3 is 2.28 bits per heavy atom. The first-order valence-corrected chi connectivity index (χ1v) is 11.2. The van der Waals surface area contributed by atoms with Crippen LogP contribution in [0.15, 0.2) is 55.0 Å². The number of anilines is 2. The molecule has 0 fully saturated rings. The third-order valence-corrected chi connectivity index (χ3v) is 5.57. The van der Waals surface area contributed by atoms with Gasteiger partial charge in [0, 0.05) is 55.0 Å². The van der Waals surface area contributed by atoms with Crippen molar-refractivity contribution < 1.29 is 27.4 Å². The van der Waals surface area contributed by atoms with E-state index in [9.17, 15) is 13.2 Å². The minimum absolute atomic E-state index is 0.0862. The number of aromatic nitrogens is 4. The second-order valence-corrected chi connectivity index (χ2v) is 8.00. The Labute approximate surface area is 206 Å². The number of alkyl halides is 3. The van der Waals surface area contributed by atoms with E-state index in [0.29, 0.717) is 39.6 Å². The summed E-state index contributed by atoms with van der Waals surface area (Å²) in [4.78, 5) is 10.7. The lowest BCUT2D eigenvalue weighted by molar-refractivity contribution is -0.215. The number of nitrogens with zero attached hydrogens (tertiary/aromatic N) is 5. The molecular weight excluding hydrogens is 475 g/mol. The van der Waals surface area contributed by atoms with Crippen LogP contribution in [-0.2, 0) is 11.8 Å². The van der Waals surface area contributed by atoms with Crippen molar-refractivity contribution in [1.29, 1.82) is 0 Å². The molecule has 2 heterocycles. The molecule has 0 spiro atoms. The predicted molar refractivity (Wildman–Crippen MR) is 130 cm³/mol. The van der Waals surface area contributed by atoms with Crippen LogP contribution in [0.25, 0.3) is 22.3 Å². The first kappa shape index (κ1) is 25.2. The quantitative estimate of drug-likeness (QED) is 0.314. The van der Waals surface area contributed by atoms with Crippen LogP contribution in [0.1, 0.15) is 6.92 Å². The number of hydrogen-bond acceptors (Lipinski definition) is 7. The van der Waals surface area contributed by atoms with Crippen molar-refractivity contribution in [2.45, 2.75) is 19.2 Å². The van der Waals surface area contributed by atoms with Gasteiger partial charge in [0.1, 0.15) is 11.5 Å². The van der Waals surface area contributed by atoms with E-state index in [1.807, 2.05) is 6.20 Å². The first-order valence-electron chi connectivity index (χ1n) is 11.2. The van der Waals surface area contributed by atoms with E-state index >= 15 is 0 Å². The van der Waals surface area contributed by atoms with Gasteiger partial charge >= 0.3 is 6.18 Å². The van der Waals surface area contributed by atoms with E-state index in [4.69, 9.17) is 14.2 Å². The molecule has 0 amide bonds. The number of aryl methyl sites for hydroxylation is 1. The molecule has 0 radical (unpaired) electrons. The van der Waals surface area contributed by atoms with E-state index in [-0.39, 0.29) is 6.61 Å². The molecule has 8 nitrogen and oxygen atoms in total. The summed E-state index contributed by atoms with van der Waals surface area (Å²) in [6.07, 6.45) is -1.47. The number of methoxy groups -OCH3 is 2. The molecule has 0 saturated heterocycles. The van der Waals surface area contributed by atoms with Gasteiger partial charge in [-0.05, 0) is 25.1 Å². The normalized spacial score (nSPS) is 12.5. The Bertz CT molecular complexity index is 1320. The van der Waals surface area contributed by atoms with Gasteiger partial charge < -0.3 is 19.1 Å². The van der Waals surface area contributed by atoms with Crippen molar-refractivity contribution in [2.24, 2.45) is 7.05 Å². The molecule has 11 heteroatoms. The summed E-state index contributed by atoms with van der Waals surface area (Å²) in [6.45, 7) is 0.954. The lowest BCUT2D eigenvalue weighted by Gasteiger charge is -2.31. The molecular formula is C25H26F3N5O3. The monoisotopic (exact) mass is 501 g/mol. The maximum absolute atomic E-state index is 13.9. The van der Waals surface area contributed by atoms with Crippen molar-refractivity contribution in [3.8, 4) is 22.8 Å². The number of halogens is 3. The zero-order valence-electron chi connectivity index (χ0n) is 20.3. The second-order valence-electron chi connectivity index (χ2n) is 8.00. The maximum atomic E-state index is 13.9. The van der Waals surface area contributed by atoms with Crippen LogP contribution >= 0.6 is 0 Å². The van der Waals surface area contributed by atoms with E-state index in [1.165, 1.54) is 26.0 Å². The average molecular weight is 502 g/mol. The molecule has 0 aliphatic heterocycles. The summed E-state index contributed by atoms with van der Waals surface area (Å²) in [5, 5.41) is 4.16. The Morgan fingerprint density at radius 2 is 1.69 bits per heavy atom. The standard InChI is InChI=1S/C25H26F3N5O3/c1-5-36-24(25(26,27)28)15-33(18-8-19(34-3)11-20(9-18)35-4)17-6-7-21-22(10-17)31-23(13-29-21)16-12-30-32(2)14-16/h6-14,24H,5,15H2,1-4H3. The summed E-state index contributed by atoms with van der Waals surface area (Å²) < 4.78 is 59.0. The SMILES string of the molecule is CCOC(CN(c1cc(OC)cc(OC)c1)c1ccc2ncc(-c3cnn(C)c3)nc2c1)C(F)(F)F. The molecule has 1 unspecified atom stereocenters. The minimum Gasteiger partial charge on any atom is -0.497 e. The lowest BCUT2D eigenvalue weighted by atomic mass is 10.1. The third kappa shape index (κ3) is 5.51. The Kier molecular flexibility index (Phi) is 7.30. The number of fused-ring (bicyclic) bond motifs is 1. The van der Waals surface area contributed by atoms with E-state index in [2.05, 4.69) is 15.1 Å². The fraction of sp³-hybridized carbons (Fsp3) is 0.320. The highest BCUT2D eigenvalue weighted by molar-refractivity contribution is 5.82. The van der Waals surface area contributed by atoms with Gasteiger partial charge in [-0.2, -0.15) is 18.3 Å². The van der Waals surface area contributed by atoms with Gasteiger partial charge in [-0.25, -0.2) is 4.98 Å². The topological polar surface area (TPSA) is 74.5 Å². The molecule has 36 heavy (non-hydrogen) atoms. The zero-order valence-corrected chi connectivity index (χ0v) is 20.3. The summed E-state index contributed by atoms with van der Waals surface area (Å²) in [6, 6.07) is 10.1. The largest absolute Gasteiger partial charge is 0.497 e. The van der Waals surface area contributed by atoms with Crippen LogP contribution in [-0.4, -0.2) is 59.4 Å². The van der Waals surface area contributed by atoms with Crippen LogP contribution in [0.3, 0.4) is 0 Å². The molecule has 0 bridgehead atoms. The highest BCUT2D eigenvalue weighted by Gasteiger charge is 2.42. The van der Waals surface area contributed by atoms with Crippen LogP contribution in [0.4, 0.5) is 24.5 Å². The Hall–Kier alpha value is -3.86. The molecule has 4 aromatic rings. The van der Waals surface area contributed by atoms with E-state index < -0.39 is 18.8 Å². The number of rotatable bonds is 9. The van der Waals surface area contributed by atoms with Gasteiger partial charge in [0.15, 0.2) is 6.10 Å². The first-order chi connectivity index (χ1) is 17.2. The minimum atomic E-state index is -4.57. The zero-order chi connectivity index (χ0) is 25.9. The van der Waals surface area contributed by atoms with Crippen molar-refractivity contribution in [3.63, 3.8) is 0 Å². The molecule has 2 aromatic heterocycles. The van der Waals surface area contributed by atoms with Crippen molar-refractivity contribution in [1.82, 2.24) is 19.7 Å². The summed E-state index contributed by atoms with van der Waals surface area (Å²) in [7, 11) is 4.76. The van der Waals surface area contributed by atoms with Gasteiger partial charge in [-0.3, -0.25) is 9.67 Å². The van der Waals surface area contributed by atoms with Crippen molar-refractivity contribution >= 4 is 22.4 Å². The Morgan fingerprint density at radius 1 is 0.972 bits per heavy atom. The third-order valence-electron chi connectivity index (χ3n) is 5.57. The molecule has 2 aromatic carbocycles. The second kappa shape index (κ2) is 10.4. The van der Waals surface area contributed by atoms with Gasteiger partial charge in [0.05, 0.1) is 49.9 Å². The van der Waals surface area contributed by atoms with Crippen LogP contribution in [0, 0.1) is 0 Å². The summed E-state index contributed by atoms with van der Waals surface area (Å²) in [5.74, 6) is 0.877. The fourth-order valence-electron chi connectivity index (χ4n) is 3.79. The molecule has 0 saturated carbocycles. The van der Waals surface area contributed by atoms with E-state index in [1.54, 1.807) is 60.5 Å². The molecule has 4 rings (SSSR count). The number of ether oxygens (including phenoxy) is 3. The molecule has 1 atom stereocenters. The maximum Gasteiger partial charge on any atom is 0.416 e. The van der Waals surface area contributed by atoms with Gasteiger partial charge in [0.2, 0.25) is 0 Å². The fourth-order valence-corrected chi connectivity index (χ4v) is 3.79. The van der Waals surface area contributed by atoms with Crippen LogP contribution in [0.2, 0.25) is 0 Å². The number of benzene rings is 2. The molecule has 0 aliphatic rings. The molecule has 0 N–H and O–H groups in total. The molecule has 190 valence electrons. The highest BCUT2D eigenvalue weighted by Crippen LogP contribution is 2.36. The number of hydrogen-bond donors (Lipinski definition) is 0. The highest BCUT2D eigenvalue weighted by atomic mass is 19.4. The Balaban J connectivity index is 1.83. The predicted octanol–water partition coefficient (Wildman–Crippen LogP) is 5.15. The van der Waals surface area contributed by atoms with Gasteiger partial charge in [0.25, 0.3) is 0 Å². The van der Waals surface area contributed by atoms with Gasteiger partial charge in [-0.15, -0.1) is 0 Å². The molecule has 0 aliphatic carbocycles. The smallest absolute Gasteiger partial charge is 0.416 e. The van der Waals surface area contributed by atoms with Crippen molar-refractivity contribution in [2.75, 3.05) is 32.3 Å². The summed E-state index contributed by atoms with van der Waals surface area (Å²) in [5.41, 5.74) is 3.42. The average Bonchev–Trinajstić information content (AvgIpc) is 3.31. The van der Waals surface area contributed by atoms with Crippen LogP contribution in [0.5, 0.6) is 11.5 Å². The van der Waals surface area contributed by atoms with Crippen LogP contribution < -0.4 is 14.4 Å².